The van der Waals surface area contributed by atoms with Gasteiger partial charge in [0, 0.05) is 39.3 Å². The zero-order valence-electron chi connectivity index (χ0n) is 12.3. The number of hydrogen-bond acceptors (Lipinski definition) is 6. The third-order valence-electron chi connectivity index (χ3n) is 3.09. The quantitative estimate of drug-likeness (QED) is 0.343. The van der Waals surface area contributed by atoms with Gasteiger partial charge in [-0.3, -0.25) is 0 Å². The molecule has 0 heterocycles. The monoisotopic (exact) mass is 280 g/mol. The van der Waals surface area contributed by atoms with E-state index in [4.69, 9.17) is 21.6 Å². The van der Waals surface area contributed by atoms with Crippen molar-refractivity contribution in [1.82, 2.24) is 9.80 Å². The van der Waals surface area contributed by atoms with E-state index in [-0.39, 0.29) is 0 Å². The fourth-order valence-corrected chi connectivity index (χ4v) is 1.94. The Balaban J connectivity index is 4.17. The second kappa shape index (κ2) is 14.0. The van der Waals surface area contributed by atoms with E-state index in [0.29, 0.717) is 0 Å². The van der Waals surface area contributed by atoms with Crippen LogP contribution in [0.3, 0.4) is 0 Å². The maximum Gasteiger partial charge on any atom is 0.0110 e. The van der Waals surface area contributed by atoms with Crippen LogP contribution in [0.1, 0.15) is 25.7 Å². The van der Waals surface area contributed by atoms with E-state index in [2.05, 4.69) is 9.80 Å². The van der Waals surface area contributed by atoms with E-state index < -0.39 is 0 Å². The van der Waals surface area contributed by atoms with Gasteiger partial charge in [0.15, 0.2) is 0 Å². The van der Waals surface area contributed by atoms with Crippen molar-refractivity contribution >= 4 is 24.9 Å². The molecule has 6 heteroatoms. The van der Waals surface area contributed by atoms with E-state index in [1.165, 1.54) is 24.9 Å². The Morgan fingerprint density at radius 3 is 0.900 bits per heavy atom. The van der Waals surface area contributed by atoms with Crippen molar-refractivity contribution in [3.8, 4) is 0 Å². The van der Waals surface area contributed by atoms with Crippen LogP contribution in [0.25, 0.3) is 0 Å². The molecule has 4 N–H and O–H groups in total. The topological polar surface area (TPSA) is 102 Å². The molecule has 0 unspecified atom stereocenters. The van der Waals surface area contributed by atoms with Crippen LogP contribution < -0.4 is 0 Å². The van der Waals surface area contributed by atoms with Gasteiger partial charge in [0.25, 0.3) is 0 Å². The second-order valence-electron chi connectivity index (χ2n) is 4.65. The molecule has 0 radical (unpaired) electrons. The van der Waals surface area contributed by atoms with Gasteiger partial charge in [-0.15, -0.1) is 0 Å². The van der Waals surface area contributed by atoms with Gasteiger partial charge in [0.1, 0.15) is 0 Å². The molecule has 0 atom stereocenters. The molecule has 0 saturated carbocycles. The molecular weight excluding hydrogens is 252 g/mol. The highest BCUT2D eigenvalue weighted by Gasteiger charge is 2.08. The average Bonchev–Trinajstić information content (AvgIpc) is 2.48. The Bertz CT molecular complexity index is 227. The molecule has 0 aromatic heterocycles. The van der Waals surface area contributed by atoms with Crippen molar-refractivity contribution in [3.63, 3.8) is 0 Å². The second-order valence-corrected chi connectivity index (χ2v) is 4.65. The number of rotatable bonds is 15. The van der Waals surface area contributed by atoms with Crippen LogP contribution >= 0.6 is 0 Å². The van der Waals surface area contributed by atoms with E-state index >= 15 is 0 Å². The van der Waals surface area contributed by atoms with Gasteiger partial charge in [0.05, 0.1) is 0 Å². The van der Waals surface area contributed by atoms with E-state index in [1.54, 1.807) is 0 Å². The summed E-state index contributed by atoms with van der Waals surface area (Å²) in [5.41, 5.74) is 0. The van der Waals surface area contributed by atoms with Gasteiger partial charge in [-0.1, -0.05) is 0 Å². The molecule has 0 saturated heterocycles. The summed E-state index contributed by atoms with van der Waals surface area (Å²) in [6.07, 6.45) is 8.72. The van der Waals surface area contributed by atoms with Crippen LogP contribution in [0, 0.1) is 21.6 Å². The van der Waals surface area contributed by atoms with Gasteiger partial charge in [0.2, 0.25) is 0 Å². The van der Waals surface area contributed by atoms with Gasteiger partial charge >= 0.3 is 0 Å². The van der Waals surface area contributed by atoms with Crippen molar-refractivity contribution in [3.05, 3.63) is 0 Å². The van der Waals surface area contributed by atoms with Gasteiger partial charge in [-0.05, 0) is 50.5 Å². The van der Waals surface area contributed by atoms with Gasteiger partial charge < -0.3 is 31.4 Å². The lowest BCUT2D eigenvalue weighted by Crippen LogP contribution is -2.37. The fraction of sp³-hybridized carbons (Fsp3) is 0.714. The minimum absolute atomic E-state index is 0.749. The molecule has 0 spiro atoms. The van der Waals surface area contributed by atoms with Crippen molar-refractivity contribution < 1.29 is 0 Å². The van der Waals surface area contributed by atoms with Crippen LogP contribution in [-0.2, 0) is 0 Å². The Morgan fingerprint density at radius 1 is 0.450 bits per heavy atom. The standard InChI is InChI=1S/C14H28N6/c15-5-1-9-19(10-2-6-16)13-14-20(11-3-7-17)12-4-8-18/h5-8,15-18H,1-4,9-14H2. The van der Waals surface area contributed by atoms with Crippen LogP contribution in [0.2, 0.25) is 0 Å². The minimum Gasteiger partial charge on any atom is -0.313 e. The highest BCUT2D eigenvalue weighted by molar-refractivity contribution is 5.54. The van der Waals surface area contributed by atoms with Crippen LogP contribution in [0.4, 0.5) is 0 Å². The first-order valence-electron chi connectivity index (χ1n) is 7.19. The first kappa shape index (κ1) is 18.6. The zero-order valence-corrected chi connectivity index (χ0v) is 12.3. The Kier molecular flexibility index (Phi) is 13.0. The highest BCUT2D eigenvalue weighted by Crippen LogP contribution is 1.97. The summed E-state index contributed by atoms with van der Waals surface area (Å²) in [7, 11) is 0. The average molecular weight is 280 g/mol. The van der Waals surface area contributed by atoms with Crippen LogP contribution in [0.15, 0.2) is 0 Å². The molecule has 0 aromatic carbocycles. The van der Waals surface area contributed by atoms with Crippen molar-refractivity contribution in [1.29, 1.82) is 21.6 Å². The molecular formula is C14H28N6. The molecule has 0 rings (SSSR count). The summed E-state index contributed by atoms with van der Waals surface area (Å²) in [5, 5.41) is 28.5. The van der Waals surface area contributed by atoms with Crippen molar-refractivity contribution in [2.24, 2.45) is 0 Å². The largest absolute Gasteiger partial charge is 0.313 e. The van der Waals surface area contributed by atoms with E-state index in [1.807, 2.05) is 0 Å². The first-order valence-corrected chi connectivity index (χ1v) is 7.19. The summed E-state index contributed by atoms with van der Waals surface area (Å²) in [4.78, 5) is 4.55. The van der Waals surface area contributed by atoms with E-state index in [9.17, 15) is 0 Å². The predicted molar refractivity (Wildman–Crippen MR) is 86.5 cm³/mol. The van der Waals surface area contributed by atoms with Crippen molar-refractivity contribution in [2.45, 2.75) is 25.7 Å². The summed E-state index contributed by atoms with van der Waals surface area (Å²) in [5.74, 6) is 0. The molecule has 0 aliphatic carbocycles. The lowest BCUT2D eigenvalue weighted by atomic mass is 10.3. The third-order valence-corrected chi connectivity index (χ3v) is 3.09. The van der Waals surface area contributed by atoms with Crippen LogP contribution in [0.5, 0.6) is 0 Å². The molecule has 0 fully saturated rings. The Hall–Kier alpha value is -1.40. The minimum atomic E-state index is 0.749. The molecule has 6 nitrogen and oxygen atoms in total. The fourth-order valence-electron chi connectivity index (χ4n) is 1.94. The molecule has 0 aliphatic heterocycles. The summed E-state index contributed by atoms with van der Waals surface area (Å²) in [6.45, 7) is 5.27. The summed E-state index contributed by atoms with van der Waals surface area (Å²) >= 11 is 0. The molecule has 20 heavy (non-hydrogen) atoms. The summed E-state index contributed by atoms with van der Waals surface area (Å²) in [6, 6.07) is 0. The van der Waals surface area contributed by atoms with Gasteiger partial charge in [-0.25, -0.2) is 0 Å². The van der Waals surface area contributed by atoms with E-state index in [0.717, 1.165) is 65.0 Å². The molecule has 114 valence electrons. The number of hydrogen-bond donors (Lipinski definition) is 4. The number of nitrogens with zero attached hydrogens (tertiary/aromatic N) is 2. The lowest BCUT2D eigenvalue weighted by Gasteiger charge is -2.26. The maximum absolute atomic E-state index is 7.11. The first-order chi connectivity index (χ1) is 9.78. The number of nitrogens with one attached hydrogen (secondary N) is 4. The molecule has 0 aromatic rings. The zero-order chi connectivity index (χ0) is 15.1. The molecule has 0 amide bonds. The molecule has 0 aliphatic rings. The highest BCUT2D eigenvalue weighted by atomic mass is 15.2. The van der Waals surface area contributed by atoms with Gasteiger partial charge in [-0.2, -0.15) is 0 Å². The smallest absolute Gasteiger partial charge is 0.0110 e. The third kappa shape index (κ3) is 10.5. The SMILES string of the molecule is N=CCCN(CCC=N)CCN(CCC=N)CCC=N. The Labute approximate surface area is 122 Å². The van der Waals surface area contributed by atoms with Crippen molar-refractivity contribution in [2.75, 3.05) is 39.3 Å². The summed E-state index contributed by atoms with van der Waals surface area (Å²) < 4.78 is 0. The lowest BCUT2D eigenvalue weighted by molar-refractivity contribution is 0.216. The normalized spacial score (nSPS) is 10.7. The van der Waals surface area contributed by atoms with Crippen LogP contribution in [-0.4, -0.2) is 73.9 Å². The Morgan fingerprint density at radius 2 is 0.700 bits per heavy atom. The predicted octanol–water partition coefficient (Wildman–Crippen LogP) is 1.75. The molecule has 0 bridgehead atoms. The maximum atomic E-state index is 7.11.